The summed E-state index contributed by atoms with van der Waals surface area (Å²) < 4.78 is 13.1. The fourth-order valence-electron chi connectivity index (χ4n) is 3.75. The molecule has 0 fully saturated rings. The number of nitrogens with zero attached hydrogens (tertiary/aromatic N) is 3. The van der Waals surface area contributed by atoms with Crippen molar-refractivity contribution in [3.63, 3.8) is 0 Å². The highest BCUT2D eigenvalue weighted by molar-refractivity contribution is 5.94. The standard InChI is InChI=1S/C20H27N3O3/c1-12-7-8-17(25-6)15(9-12)11-22(4)20(24)18-16-10-13(2)26-14(3)19(16)23(5)21-18/h7-9,13-14H,10-11H2,1-6H3/t13-,14+/m0/s1. The summed E-state index contributed by atoms with van der Waals surface area (Å²) in [7, 11) is 5.32. The molecule has 140 valence electrons. The largest absolute Gasteiger partial charge is 0.496 e. The molecule has 1 aliphatic rings. The molecule has 1 aromatic carbocycles. The lowest BCUT2D eigenvalue weighted by molar-refractivity contribution is -0.00906. The molecule has 6 nitrogen and oxygen atoms in total. The van der Waals surface area contributed by atoms with Crippen molar-refractivity contribution < 1.29 is 14.3 Å². The first-order valence-electron chi connectivity index (χ1n) is 8.92. The number of aromatic nitrogens is 2. The van der Waals surface area contributed by atoms with Crippen molar-refractivity contribution in [3.8, 4) is 5.75 Å². The number of ether oxygens (including phenoxy) is 2. The van der Waals surface area contributed by atoms with Gasteiger partial charge in [-0.3, -0.25) is 9.48 Å². The molecule has 0 spiro atoms. The number of fused-ring (bicyclic) bond motifs is 1. The third kappa shape index (κ3) is 3.33. The van der Waals surface area contributed by atoms with Gasteiger partial charge in [-0.1, -0.05) is 17.7 Å². The Labute approximate surface area is 154 Å². The zero-order valence-electron chi connectivity index (χ0n) is 16.4. The smallest absolute Gasteiger partial charge is 0.274 e. The predicted octanol–water partition coefficient (Wildman–Crippen LogP) is 3.03. The molecule has 1 aromatic heterocycles. The van der Waals surface area contributed by atoms with Crippen LogP contribution in [0.15, 0.2) is 18.2 Å². The second kappa shape index (κ2) is 7.11. The van der Waals surface area contributed by atoms with Crippen LogP contribution in [0.2, 0.25) is 0 Å². The van der Waals surface area contributed by atoms with E-state index in [9.17, 15) is 4.79 Å². The fourth-order valence-corrected chi connectivity index (χ4v) is 3.75. The molecule has 2 atom stereocenters. The number of carbonyl (C=O) groups is 1. The molecule has 0 radical (unpaired) electrons. The molecule has 1 aliphatic heterocycles. The summed E-state index contributed by atoms with van der Waals surface area (Å²) >= 11 is 0. The first kappa shape index (κ1) is 18.5. The van der Waals surface area contributed by atoms with Gasteiger partial charge in [-0.05, 0) is 26.8 Å². The lowest BCUT2D eigenvalue weighted by atomic mass is 9.99. The quantitative estimate of drug-likeness (QED) is 0.844. The fraction of sp³-hybridized carbons (Fsp3) is 0.500. The molecule has 26 heavy (non-hydrogen) atoms. The Balaban J connectivity index is 1.89. The zero-order chi connectivity index (χ0) is 19.0. The number of methoxy groups -OCH3 is 1. The van der Waals surface area contributed by atoms with E-state index in [1.54, 1.807) is 23.7 Å². The van der Waals surface area contributed by atoms with Gasteiger partial charge in [0.25, 0.3) is 5.91 Å². The van der Waals surface area contributed by atoms with E-state index >= 15 is 0 Å². The minimum absolute atomic E-state index is 0.0602. The second-order valence-corrected chi connectivity index (χ2v) is 7.11. The summed E-state index contributed by atoms with van der Waals surface area (Å²) in [6.45, 7) is 6.53. The number of amides is 1. The van der Waals surface area contributed by atoms with Crippen molar-refractivity contribution in [2.24, 2.45) is 7.05 Å². The summed E-state index contributed by atoms with van der Waals surface area (Å²) in [4.78, 5) is 14.8. The van der Waals surface area contributed by atoms with E-state index < -0.39 is 0 Å². The van der Waals surface area contributed by atoms with Crippen LogP contribution in [0, 0.1) is 6.92 Å². The molecular weight excluding hydrogens is 330 g/mol. The Morgan fingerprint density at radius 1 is 1.42 bits per heavy atom. The van der Waals surface area contributed by atoms with Gasteiger partial charge >= 0.3 is 0 Å². The van der Waals surface area contributed by atoms with Gasteiger partial charge in [0.2, 0.25) is 0 Å². The number of benzene rings is 1. The molecule has 2 heterocycles. The Hall–Kier alpha value is -2.34. The molecule has 2 aromatic rings. The minimum atomic E-state index is -0.0771. The van der Waals surface area contributed by atoms with E-state index in [0.29, 0.717) is 18.7 Å². The lowest BCUT2D eigenvalue weighted by Gasteiger charge is -2.26. The topological polar surface area (TPSA) is 56.6 Å². The zero-order valence-corrected chi connectivity index (χ0v) is 16.4. The van der Waals surface area contributed by atoms with E-state index in [-0.39, 0.29) is 18.1 Å². The highest BCUT2D eigenvalue weighted by Gasteiger charge is 2.32. The SMILES string of the molecule is COc1ccc(C)cc1CN(C)C(=O)c1nn(C)c2c1C[C@H](C)O[C@@H]2C. The Morgan fingerprint density at radius 3 is 2.85 bits per heavy atom. The Morgan fingerprint density at radius 2 is 2.15 bits per heavy atom. The maximum absolute atomic E-state index is 13.1. The summed E-state index contributed by atoms with van der Waals surface area (Å²) in [6, 6.07) is 5.99. The highest BCUT2D eigenvalue weighted by Crippen LogP contribution is 2.32. The number of rotatable bonds is 4. The van der Waals surface area contributed by atoms with Gasteiger partial charge in [-0.25, -0.2) is 0 Å². The maximum atomic E-state index is 13.1. The Kier molecular flexibility index (Phi) is 5.05. The van der Waals surface area contributed by atoms with Gasteiger partial charge in [0, 0.05) is 38.2 Å². The van der Waals surface area contributed by atoms with Gasteiger partial charge in [-0.15, -0.1) is 0 Å². The van der Waals surface area contributed by atoms with Crippen LogP contribution in [0.3, 0.4) is 0 Å². The first-order valence-corrected chi connectivity index (χ1v) is 8.92. The molecule has 0 aliphatic carbocycles. The summed E-state index contributed by atoms with van der Waals surface area (Å²) in [5.74, 6) is 0.709. The molecule has 0 bridgehead atoms. The van der Waals surface area contributed by atoms with Crippen LogP contribution in [-0.2, 0) is 24.8 Å². The van der Waals surface area contributed by atoms with Crippen LogP contribution in [0.4, 0.5) is 0 Å². The monoisotopic (exact) mass is 357 g/mol. The van der Waals surface area contributed by atoms with Crippen molar-refractivity contribution in [3.05, 3.63) is 46.3 Å². The summed E-state index contributed by atoms with van der Waals surface area (Å²) in [5.41, 5.74) is 4.65. The third-order valence-electron chi connectivity index (χ3n) is 4.90. The first-order chi connectivity index (χ1) is 12.3. The average Bonchev–Trinajstić information content (AvgIpc) is 2.91. The highest BCUT2D eigenvalue weighted by atomic mass is 16.5. The van der Waals surface area contributed by atoms with Crippen LogP contribution in [0.1, 0.15) is 52.8 Å². The molecule has 0 N–H and O–H groups in total. The molecule has 0 saturated carbocycles. The van der Waals surface area contributed by atoms with Crippen molar-refractivity contribution in [2.75, 3.05) is 14.2 Å². The maximum Gasteiger partial charge on any atom is 0.274 e. The molecule has 3 rings (SSSR count). The molecule has 6 heteroatoms. The van der Waals surface area contributed by atoms with E-state index in [1.165, 1.54) is 0 Å². The number of aryl methyl sites for hydroxylation is 2. The number of carbonyl (C=O) groups excluding carboxylic acids is 1. The lowest BCUT2D eigenvalue weighted by Crippen LogP contribution is -2.29. The van der Waals surface area contributed by atoms with Gasteiger partial charge in [-0.2, -0.15) is 5.10 Å². The van der Waals surface area contributed by atoms with Gasteiger partial charge < -0.3 is 14.4 Å². The molecule has 0 unspecified atom stereocenters. The number of hydrogen-bond donors (Lipinski definition) is 0. The minimum Gasteiger partial charge on any atom is -0.496 e. The van der Waals surface area contributed by atoms with E-state index in [2.05, 4.69) is 11.2 Å². The molecular formula is C20H27N3O3. The van der Waals surface area contributed by atoms with Gasteiger partial charge in [0.1, 0.15) is 5.75 Å². The van der Waals surface area contributed by atoms with Gasteiger partial charge in [0.15, 0.2) is 5.69 Å². The van der Waals surface area contributed by atoms with Gasteiger partial charge in [0.05, 0.1) is 25.0 Å². The van der Waals surface area contributed by atoms with Crippen LogP contribution in [0.25, 0.3) is 0 Å². The van der Waals surface area contributed by atoms with Crippen molar-refractivity contribution in [1.29, 1.82) is 0 Å². The normalized spacial score (nSPS) is 19.2. The van der Waals surface area contributed by atoms with Crippen LogP contribution < -0.4 is 4.74 Å². The van der Waals surface area contributed by atoms with Crippen molar-refractivity contribution in [1.82, 2.24) is 14.7 Å². The average molecular weight is 357 g/mol. The van der Waals surface area contributed by atoms with Crippen molar-refractivity contribution in [2.45, 2.75) is 45.9 Å². The van der Waals surface area contributed by atoms with E-state index in [4.69, 9.17) is 9.47 Å². The molecule has 0 saturated heterocycles. The number of hydrogen-bond acceptors (Lipinski definition) is 4. The molecule has 1 amide bonds. The van der Waals surface area contributed by atoms with E-state index in [1.807, 2.05) is 40.0 Å². The van der Waals surface area contributed by atoms with Crippen LogP contribution >= 0.6 is 0 Å². The second-order valence-electron chi connectivity index (χ2n) is 7.11. The predicted molar refractivity (Wildman–Crippen MR) is 99.4 cm³/mol. The Bertz CT molecular complexity index is 828. The summed E-state index contributed by atoms with van der Waals surface area (Å²) in [5, 5.41) is 4.51. The van der Waals surface area contributed by atoms with Crippen LogP contribution in [0.5, 0.6) is 5.75 Å². The van der Waals surface area contributed by atoms with Crippen molar-refractivity contribution >= 4 is 5.91 Å². The van der Waals surface area contributed by atoms with E-state index in [0.717, 1.165) is 28.1 Å². The summed E-state index contributed by atoms with van der Waals surface area (Å²) in [6.07, 6.45) is 0.723. The van der Waals surface area contributed by atoms with Crippen LogP contribution in [-0.4, -0.2) is 40.8 Å². The third-order valence-corrected chi connectivity index (χ3v) is 4.90.